The average Bonchev–Trinajstić information content (AvgIpc) is 3.16. The molecule has 0 unspecified atom stereocenters. The summed E-state index contributed by atoms with van der Waals surface area (Å²) in [4.78, 5) is 22.8. The smallest absolute Gasteiger partial charge is 0.306 e. The van der Waals surface area contributed by atoms with Crippen molar-refractivity contribution >= 4 is 28.1 Å². The molecule has 0 saturated carbocycles. The maximum Gasteiger partial charge on any atom is 0.324 e. The van der Waals surface area contributed by atoms with Gasteiger partial charge < -0.3 is 5.32 Å². The van der Waals surface area contributed by atoms with Crippen molar-refractivity contribution in [3.63, 3.8) is 0 Å². The van der Waals surface area contributed by atoms with E-state index in [9.17, 15) is 14.9 Å². The lowest BCUT2D eigenvalue weighted by molar-refractivity contribution is -0.380. The number of hydrogen-bond acceptors (Lipinski definition) is 5. The molecule has 0 aliphatic carbocycles. The fourth-order valence-electron chi connectivity index (χ4n) is 2.25. The van der Waals surface area contributed by atoms with Gasteiger partial charge in [-0.25, -0.2) is 4.68 Å². The highest BCUT2D eigenvalue weighted by atomic mass is 32.1. The first kappa shape index (κ1) is 15.9. The van der Waals surface area contributed by atoms with Crippen LogP contribution in [0.4, 0.5) is 10.8 Å². The molecule has 0 aliphatic heterocycles. The lowest BCUT2D eigenvalue weighted by atomic mass is 10.2. The standard InChI is InChI=1S/C16H14N4O3S/c1-11-9-14(19(18-11)10-12-5-3-2-4-6-12)17-16(21)13-7-8-15(24-13)20(22)23/h2-9H,10H2,1H3,(H,17,21). The van der Waals surface area contributed by atoms with Crippen LogP contribution in [-0.2, 0) is 6.54 Å². The minimum atomic E-state index is -0.509. The summed E-state index contributed by atoms with van der Waals surface area (Å²) in [5.74, 6) is 0.166. The highest BCUT2D eigenvalue weighted by Crippen LogP contribution is 2.25. The van der Waals surface area contributed by atoms with Gasteiger partial charge in [-0.15, -0.1) is 0 Å². The second kappa shape index (κ2) is 6.63. The third-order valence-corrected chi connectivity index (χ3v) is 4.35. The Bertz CT molecular complexity index is 886. The van der Waals surface area contributed by atoms with Gasteiger partial charge in [0.15, 0.2) is 0 Å². The van der Waals surface area contributed by atoms with Crippen LogP contribution in [0.1, 0.15) is 20.9 Å². The van der Waals surface area contributed by atoms with Crippen molar-refractivity contribution in [2.24, 2.45) is 0 Å². The number of rotatable bonds is 5. The van der Waals surface area contributed by atoms with Crippen molar-refractivity contribution in [3.8, 4) is 0 Å². The molecule has 1 aromatic carbocycles. The van der Waals surface area contributed by atoms with Gasteiger partial charge in [0.05, 0.1) is 22.0 Å². The van der Waals surface area contributed by atoms with Crippen molar-refractivity contribution < 1.29 is 9.72 Å². The molecule has 8 heteroatoms. The second-order valence-electron chi connectivity index (χ2n) is 5.16. The van der Waals surface area contributed by atoms with E-state index in [-0.39, 0.29) is 15.8 Å². The maximum atomic E-state index is 12.3. The molecule has 2 heterocycles. The quantitative estimate of drug-likeness (QED) is 0.568. The van der Waals surface area contributed by atoms with Crippen LogP contribution in [0, 0.1) is 17.0 Å². The lowest BCUT2D eigenvalue weighted by Gasteiger charge is -2.08. The predicted octanol–water partition coefficient (Wildman–Crippen LogP) is 3.46. The van der Waals surface area contributed by atoms with Gasteiger partial charge in [-0.2, -0.15) is 5.10 Å². The van der Waals surface area contributed by atoms with E-state index in [0.29, 0.717) is 12.4 Å². The normalized spacial score (nSPS) is 10.5. The summed E-state index contributed by atoms with van der Waals surface area (Å²) in [6, 6.07) is 14.3. The number of amides is 1. The summed E-state index contributed by atoms with van der Waals surface area (Å²) < 4.78 is 1.70. The number of carbonyl (C=O) groups is 1. The minimum Gasteiger partial charge on any atom is -0.306 e. The molecular formula is C16H14N4O3S. The van der Waals surface area contributed by atoms with Gasteiger partial charge in [0.25, 0.3) is 5.91 Å². The SMILES string of the molecule is Cc1cc(NC(=O)c2ccc([N+](=O)[O-])s2)n(Cc2ccccc2)n1. The second-order valence-corrected chi connectivity index (χ2v) is 6.23. The summed E-state index contributed by atoms with van der Waals surface area (Å²) in [6.45, 7) is 2.36. The van der Waals surface area contributed by atoms with Crippen molar-refractivity contribution in [1.82, 2.24) is 9.78 Å². The fraction of sp³-hybridized carbons (Fsp3) is 0.125. The highest BCUT2D eigenvalue weighted by molar-refractivity contribution is 7.17. The van der Waals surface area contributed by atoms with Crippen LogP contribution in [0.25, 0.3) is 0 Å². The van der Waals surface area contributed by atoms with Crippen LogP contribution < -0.4 is 5.32 Å². The molecule has 1 amide bonds. The number of nitro groups is 1. The molecule has 3 rings (SSSR count). The molecule has 0 fully saturated rings. The van der Waals surface area contributed by atoms with Crippen LogP contribution in [0.5, 0.6) is 0 Å². The molecule has 122 valence electrons. The zero-order chi connectivity index (χ0) is 17.1. The Labute approximate surface area is 141 Å². The van der Waals surface area contributed by atoms with Gasteiger partial charge in [0.1, 0.15) is 5.82 Å². The van der Waals surface area contributed by atoms with Gasteiger partial charge >= 0.3 is 5.00 Å². The Morgan fingerprint density at radius 2 is 2.04 bits per heavy atom. The molecule has 0 atom stereocenters. The molecule has 24 heavy (non-hydrogen) atoms. The number of nitrogens with zero attached hydrogens (tertiary/aromatic N) is 3. The molecular weight excluding hydrogens is 328 g/mol. The van der Waals surface area contributed by atoms with Crippen LogP contribution in [-0.4, -0.2) is 20.6 Å². The first-order chi connectivity index (χ1) is 11.5. The summed E-state index contributed by atoms with van der Waals surface area (Å²) in [6.07, 6.45) is 0. The monoisotopic (exact) mass is 342 g/mol. The number of thiophene rings is 1. The first-order valence-electron chi connectivity index (χ1n) is 7.17. The van der Waals surface area contributed by atoms with E-state index in [2.05, 4.69) is 10.4 Å². The highest BCUT2D eigenvalue weighted by Gasteiger charge is 2.17. The van der Waals surface area contributed by atoms with Gasteiger partial charge in [-0.3, -0.25) is 14.9 Å². The zero-order valence-corrected chi connectivity index (χ0v) is 13.6. The minimum absolute atomic E-state index is 0.0610. The Morgan fingerprint density at radius 1 is 1.29 bits per heavy atom. The van der Waals surface area contributed by atoms with Crippen LogP contribution in [0.15, 0.2) is 48.5 Å². The van der Waals surface area contributed by atoms with E-state index in [1.165, 1.54) is 12.1 Å². The van der Waals surface area contributed by atoms with Gasteiger partial charge in [0.2, 0.25) is 0 Å². The largest absolute Gasteiger partial charge is 0.324 e. The van der Waals surface area contributed by atoms with E-state index in [1.54, 1.807) is 10.7 Å². The first-order valence-corrected chi connectivity index (χ1v) is 7.98. The number of anilines is 1. The Hall–Kier alpha value is -3.00. The lowest BCUT2D eigenvalue weighted by Crippen LogP contribution is -2.15. The molecule has 3 aromatic rings. The van der Waals surface area contributed by atoms with Crippen molar-refractivity contribution in [2.75, 3.05) is 5.32 Å². The van der Waals surface area contributed by atoms with E-state index in [0.717, 1.165) is 22.6 Å². The molecule has 0 aliphatic rings. The zero-order valence-electron chi connectivity index (χ0n) is 12.8. The summed E-state index contributed by atoms with van der Waals surface area (Å²) in [7, 11) is 0. The van der Waals surface area contributed by atoms with Gasteiger partial charge in [0, 0.05) is 12.1 Å². The fourth-order valence-corrected chi connectivity index (χ4v) is 2.96. The van der Waals surface area contributed by atoms with Gasteiger partial charge in [-0.1, -0.05) is 41.7 Å². The molecule has 0 bridgehead atoms. The maximum absolute atomic E-state index is 12.3. The predicted molar refractivity (Wildman–Crippen MR) is 91.4 cm³/mol. The van der Waals surface area contributed by atoms with Crippen molar-refractivity contribution in [2.45, 2.75) is 13.5 Å². The van der Waals surface area contributed by atoms with Crippen molar-refractivity contribution in [1.29, 1.82) is 0 Å². The number of aryl methyl sites for hydroxylation is 1. The summed E-state index contributed by atoms with van der Waals surface area (Å²) in [5, 5.41) is 17.8. The average molecular weight is 342 g/mol. The van der Waals surface area contributed by atoms with E-state index < -0.39 is 4.92 Å². The number of carbonyl (C=O) groups excluding carboxylic acids is 1. The van der Waals surface area contributed by atoms with Crippen LogP contribution in [0.3, 0.4) is 0 Å². The molecule has 7 nitrogen and oxygen atoms in total. The van der Waals surface area contributed by atoms with E-state index >= 15 is 0 Å². The Morgan fingerprint density at radius 3 is 2.71 bits per heavy atom. The number of nitrogens with one attached hydrogen (secondary N) is 1. The Kier molecular flexibility index (Phi) is 4.39. The molecule has 2 aromatic heterocycles. The van der Waals surface area contributed by atoms with Crippen LogP contribution in [0.2, 0.25) is 0 Å². The summed E-state index contributed by atoms with van der Waals surface area (Å²) >= 11 is 0.844. The molecule has 0 saturated heterocycles. The van der Waals surface area contributed by atoms with Gasteiger partial charge in [-0.05, 0) is 18.6 Å². The number of benzene rings is 1. The van der Waals surface area contributed by atoms with E-state index in [1.807, 2.05) is 37.3 Å². The summed E-state index contributed by atoms with van der Waals surface area (Å²) in [5.41, 5.74) is 1.83. The number of aromatic nitrogens is 2. The Balaban J connectivity index is 1.79. The third-order valence-electron chi connectivity index (χ3n) is 3.31. The topological polar surface area (TPSA) is 90.1 Å². The third kappa shape index (κ3) is 3.49. The molecule has 0 radical (unpaired) electrons. The van der Waals surface area contributed by atoms with E-state index in [4.69, 9.17) is 0 Å². The number of hydrogen-bond donors (Lipinski definition) is 1. The van der Waals surface area contributed by atoms with Crippen molar-refractivity contribution in [3.05, 3.63) is 74.8 Å². The molecule has 0 spiro atoms. The van der Waals surface area contributed by atoms with Crippen LogP contribution >= 0.6 is 11.3 Å². The molecule has 1 N–H and O–H groups in total.